The molecule has 2 N–H and O–H groups in total. The van der Waals surface area contributed by atoms with Crippen LogP contribution in [0.25, 0.3) is 0 Å². The van der Waals surface area contributed by atoms with E-state index in [0.29, 0.717) is 13.1 Å². The highest BCUT2D eigenvalue weighted by Gasteiger charge is 2.11. The summed E-state index contributed by atoms with van der Waals surface area (Å²) < 4.78 is 1.74. The minimum atomic E-state index is 0.0619. The summed E-state index contributed by atoms with van der Waals surface area (Å²) in [6.07, 6.45) is 1.82. The van der Waals surface area contributed by atoms with E-state index >= 15 is 0 Å². The van der Waals surface area contributed by atoms with Crippen LogP contribution in [0.1, 0.15) is 17.0 Å². The number of hydrogen-bond donors (Lipinski definition) is 1. The summed E-state index contributed by atoms with van der Waals surface area (Å²) in [5.41, 5.74) is 7.83. The second-order valence-corrected chi connectivity index (χ2v) is 4.49. The van der Waals surface area contributed by atoms with E-state index in [1.54, 1.807) is 4.57 Å². The van der Waals surface area contributed by atoms with Gasteiger partial charge in [-0.1, -0.05) is 36.4 Å². The zero-order valence-electron chi connectivity index (χ0n) is 10.5. The molecule has 3 heteroatoms. The summed E-state index contributed by atoms with van der Waals surface area (Å²) in [5, 5.41) is 0. The van der Waals surface area contributed by atoms with Crippen molar-refractivity contribution in [3.63, 3.8) is 0 Å². The van der Waals surface area contributed by atoms with Crippen molar-refractivity contribution in [1.82, 2.24) is 4.57 Å². The topological polar surface area (TPSA) is 48.0 Å². The van der Waals surface area contributed by atoms with E-state index in [1.165, 1.54) is 5.56 Å². The smallest absolute Gasteiger partial charge is 0.253 e. The Hall–Kier alpha value is -1.87. The minimum absolute atomic E-state index is 0.0619. The van der Waals surface area contributed by atoms with Crippen molar-refractivity contribution in [2.45, 2.75) is 19.4 Å². The van der Waals surface area contributed by atoms with E-state index in [1.807, 2.05) is 43.5 Å². The molecular weight excluding hydrogens is 224 g/mol. The number of aryl methyl sites for hydroxylation is 1. The molecule has 0 amide bonds. The lowest BCUT2D eigenvalue weighted by Crippen LogP contribution is -2.27. The molecule has 2 aromatic rings. The van der Waals surface area contributed by atoms with E-state index in [0.717, 1.165) is 5.56 Å². The molecule has 1 atom stereocenters. The summed E-state index contributed by atoms with van der Waals surface area (Å²) in [7, 11) is 0. The molecule has 0 radical (unpaired) electrons. The highest BCUT2D eigenvalue weighted by molar-refractivity contribution is 5.20. The Morgan fingerprint density at radius 2 is 1.89 bits per heavy atom. The van der Waals surface area contributed by atoms with E-state index in [4.69, 9.17) is 5.73 Å². The van der Waals surface area contributed by atoms with Crippen LogP contribution in [-0.2, 0) is 6.54 Å². The van der Waals surface area contributed by atoms with Crippen molar-refractivity contribution in [1.29, 1.82) is 0 Å². The fourth-order valence-corrected chi connectivity index (χ4v) is 2.08. The molecular formula is C15H18N2O. The molecule has 18 heavy (non-hydrogen) atoms. The Bertz CT molecular complexity index is 560. The Morgan fingerprint density at radius 3 is 2.56 bits per heavy atom. The Morgan fingerprint density at radius 1 is 1.17 bits per heavy atom. The largest absolute Gasteiger partial charge is 0.330 e. The van der Waals surface area contributed by atoms with Crippen LogP contribution in [0.2, 0.25) is 0 Å². The second-order valence-electron chi connectivity index (χ2n) is 4.49. The summed E-state index contributed by atoms with van der Waals surface area (Å²) in [6, 6.07) is 13.8. The van der Waals surface area contributed by atoms with Crippen molar-refractivity contribution in [3.8, 4) is 0 Å². The number of hydrogen-bond acceptors (Lipinski definition) is 2. The Labute approximate surface area is 107 Å². The monoisotopic (exact) mass is 242 g/mol. The van der Waals surface area contributed by atoms with Gasteiger partial charge in [-0.3, -0.25) is 4.79 Å². The quantitative estimate of drug-likeness (QED) is 0.890. The van der Waals surface area contributed by atoms with E-state index in [2.05, 4.69) is 12.1 Å². The average Bonchev–Trinajstić information content (AvgIpc) is 2.41. The molecule has 0 aliphatic rings. The maximum Gasteiger partial charge on any atom is 0.253 e. The average molecular weight is 242 g/mol. The van der Waals surface area contributed by atoms with Crippen molar-refractivity contribution in [3.05, 3.63) is 70.1 Å². The predicted molar refractivity (Wildman–Crippen MR) is 73.7 cm³/mol. The maximum absolute atomic E-state index is 12.0. The van der Waals surface area contributed by atoms with Crippen LogP contribution < -0.4 is 11.3 Å². The fraction of sp³-hybridized carbons (Fsp3) is 0.267. The van der Waals surface area contributed by atoms with E-state index < -0.39 is 0 Å². The molecule has 1 aromatic heterocycles. The van der Waals surface area contributed by atoms with Crippen LogP contribution >= 0.6 is 0 Å². The third-order valence-electron chi connectivity index (χ3n) is 3.18. The van der Waals surface area contributed by atoms with Crippen molar-refractivity contribution in [2.24, 2.45) is 5.73 Å². The summed E-state index contributed by atoms with van der Waals surface area (Å²) in [6.45, 7) is 2.99. The molecule has 0 aliphatic heterocycles. The molecule has 1 unspecified atom stereocenters. The van der Waals surface area contributed by atoms with Crippen LogP contribution in [0, 0.1) is 6.92 Å². The highest BCUT2D eigenvalue weighted by atomic mass is 16.1. The maximum atomic E-state index is 12.0. The number of nitrogens with zero attached hydrogens (tertiary/aromatic N) is 1. The molecule has 0 bridgehead atoms. The summed E-state index contributed by atoms with van der Waals surface area (Å²) in [5.74, 6) is 0.172. The number of aromatic nitrogens is 1. The second kappa shape index (κ2) is 5.65. The summed E-state index contributed by atoms with van der Waals surface area (Å²) >= 11 is 0. The third-order valence-corrected chi connectivity index (χ3v) is 3.18. The van der Waals surface area contributed by atoms with Crippen molar-refractivity contribution in [2.75, 3.05) is 6.54 Å². The number of nitrogens with two attached hydrogens (primary N) is 1. The summed E-state index contributed by atoms with van der Waals surface area (Å²) in [4.78, 5) is 12.0. The van der Waals surface area contributed by atoms with Crippen molar-refractivity contribution >= 4 is 0 Å². The molecule has 2 rings (SSSR count). The van der Waals surface area contributed by atoms with Gasteiger partial charge >= 0.3 is 0 Å². The van der Waals surface area contributed by atoms with Gasteiger partial charge in [0, 0.05) is 30.8 Å². The van der Waals surface area contributed by atoms with Gasteiger partial charge in [0.15, 0.2) is 0 Å². The van der Waals surface area contributed by atoms with Gasteiger partial charge in [-0.15, -0.1) is 0 Å². The zero-order valence-corrected chi connectivity index (χ0v) is 10.5. The van der Waals surface area contributed by atoms with Crippen LogP contribution in [-0.4, -0.2) is 11.1 Å². The predicted octanol–water partition coefficient (Wildman–Crippen LogP) is 1.90. The first kappa shape index (κ1) is 12.6. The molecule has 3 nitrogen and oxygen atoms in total. The molecule has 0 fully saturated rings. The molecule has 0 saturated heterocycles. The molecule has 1 heterocycles. The lowest BCUT2D eigenvalue weighted by molar-refractivity contribution is 0.551. The third kappa shape index (κ3) is 2.68. The lowest BCUT2D eigenvalue weighted by atomic mass is 9.99. The van der Waals surface area contributed by atoms with Gasteiger partial charge in [0.05, 0.1) is 0 Å². The molecule has 94 valence electrons. The first-order chi connectivity index (χ1) is 8.72. The van der Waals surface area contributed by atoms with Gasteiger partial charge in [-0.2, -0.15) is 0 Å². The van der Waals surface area contributed by atoms with E-state index in [9.17, 15) is 4.79 Å². The molecule has 0 saturated carbocycles. The number of rotatable bonds is 4. The van der Waals surface area contributed by atoms with Crippen molar-refractivity contribution < 1.29 is 0 Å². The minimum Gasteiger partial charge on any atom is -0.330 e. The van der Waals surface area contributed by atoms with Gasteiger partial charge < -0.3 is 10.3 Å². The fourth-order valence-electron chi connectivity index (χ4n) is 2.08. The van der Waals surface area contributed by atoms with Gasteiger partial charge in [-0.25, -0.2) is 0 Å². The normalized spacial score (nSPS) is 12.3. The number of benzene rings is 1. The van der Waals surface area contributed by atoms with Crippen LogP contribution in [0.5, 0.6) is 0 Å². The first-order valence-electron chi connectivity index (χ1n) is 6.13. The van der Waals surface area contributed by atoms with Crippen LogP contribution in [0.15, 0.2) is 53.5 Å². The Kier molecular flexibility index (Phi) is 3.95. The van der Waals surface area contributed by atoms with Gasteiger partial charge in [0.2, 0.25) is 0 Å². The molecule has 1 aromatic carbocycles. The first-order valence-corrected chi connectivity index (χ1v) is 6.13. The molecule has 0 spiro atoms. The van der Waals surface area contributed by atoms with Crippen LogP contribution in [0.4, 0.5) is 0 Å². The van der Waals surface area contributed by atoms with Gasteiger partial charge in [0.25, 0.3) is 5.56 Å². The van der Waals surface area contributed by atoms with Gasteiger partial charge in [-0.05, 0) is 18.6 Å². The van der Waals surface area contributed by atoms with Crippen LogP contribution in [0.3, 0.4) is 0 Å². The molecule has 0 aliphatic carbocycles. The zero-order chi connectivity index (χ0) is 13.0. The SMILES string of the molecule is Cc1cccn(CC(CN)c2ccccc2)c1=O. The Balaban J connectivity index is 2.27. The van der Waals surface area contributed by atoms with E-state index in [-0.39, 0.29) is 11.5 Å². The highest BCUT2D eigenvalue weighted by Crippen LogP contribution is 2.15. The number of pyridine rings is 1. The van der Waals surface area contributed by atoms with Gasteiger partial charge in [0.1, 0.15) is 0 Å². The standard InChI is InChI=1S/C15H18N2O/c1-12-6-5-9-17(15(12)18)11-14(10-16)13-7-3-2-4-8-13/h2-9,14H,10-11,16H2,1H3. The lowest BCUT2D eigenvalue weighted by Gasteiger charge is -2.17.